The molecule has 0 bridgehead atoms. The number of nitrogens with one attached hydrogen (secondary N) is 7. The van der Waals surface area contributed by atoms with E-state index in [9.17, 15) is 44.1 Å². The van der Waals surface area contributed by atoms with E-state index in [1.165, 1.54) is 33.4 Å². The number of pyridine rings is 1. The number of thiophene rings is 3. The number of carbonyl (C=O) groups is 5. The van der Waals surface area contributed by atoms with Crippen LogP contribution in [0.3, 0.4) is 0 Å². The summed E-state index contributed by atoms with van der Waals surface area (Å²) in [7, 11) is 25.7. The van der Waals surface area contributed by atoms with Crippen molar-refractivity contribution in [3.8, 4) is 17.2 Å². The van der Waals surface area contributed by atoms with Gasteiger partial charge in [-0.2, -0.15) is 34.0 Å². The Morgan fingerprint density at radius 3 is 1.15 bits per heavy atom. The van der Waals surface area contributed by atoms with Crippen LogP contribution in [0.25, 0.3) is 0 Å². The SMILES string of the molecule is C=CCN(CC(Cc1ccccc1)N(C)C)C(=O)NC(C)Cc1ccsc1.CC(Cc1ccsc1)NC(=O)NCC(Cc1cc[nH]c(=O)c1)N(C)C.CCC(Cc1ccsc1)NC(=O)NCC(Cc1ccc(O)cc1)N(C)C.CN(CCc1ccccc1)C(=O)N(C)CC(Cc1ccc(O)cc1)N(C)C.CN(CCc1ccccc1)C(=O)NCC(Cc1ccc(O)cc1)N(C)C. The number of hydrogen-bond acceptors (Lipinski definition) is 17. The first-order valence-electron chi connectivity index (χ1n) is 44.9. The largest absolute Gasteiger partial charge is 0.508 e. The molecule has 10 aromatic rings. The highest BCUT2D eigenvalue weighted by molar-refractivity contribution is 7.08. The van der Waals surface area contributed by atoms with Gasteiger partial charge in [-0.1, -0.05) is 140 Å². The van der Waals surface area contributed by atoms with Gasteiger partial charge in [0, 0.05) is 134 Å². The minimum Gasteiger partial charge on any atom is -0.508 e. The standard InChI is InChI=1S/C22H31N3O2.C22H31N3OS.C21H29N3O2.C20H29N3O2S.C18H26N4O2S/c1-23(2)20(16-19-10-12-21(26)13-11-19)17-25(4)22(27)24(3)15-14-18-8-6-5-7-9-18;1-5-12-25(22(26)23-18(2)14-20-11-13-27-17-20)16-21(24(3)4)15-19-9-7-6-8-10-19;1-23(2)19(15-18-9-11-20(25)12-10-18)16-22-21(26)24(3)14-13-17-7-5-4-6-8-17;1-4-17(11-16-9-10-26-14-16)22-20(25)21-13-18(23(2)3)12-15-5-7-19(24)8-6-15;1-13(8-15-5-7-25-12-15)21-18(24)20-11-16(22(2)3)9-14-4-6-19-17(23)10-14/h5-13,20,26H,14-17H2,1-4H3;5-11,13,17-18,21H,1,12,14-16H2,2-4H3,(H,23,26);4-12,19,25H,13-16H2,1-3H3,(H,22,26);5-10,14,17-18,24H,4,11-13H2,1-3H3,(H2,21,22,25);4-7,10,12-13,16H,8-9,11H2,1-3H3,(H,19,23)(H2,20,21,24). The summed E-state index contributed by atoms with van der Waals surface area (Å²) in [5.74, 6) is 0.805. The number of H-pyrrole nitrogens is 1. The zero-order chi connectivity index (χ0) is 95.6. The van der Waals surface area contributed by atoms with Crippen LogP contribution in [-0.4, -0.2) is 287 Å². The molecule has 4 heterocycles. The summed E-state index contributed by atoms with van der Waals surface area (Å²) in [6, 6.07) is 63.2. The van der Waals surface area contributed by atoms with Gasteiger partial charge in [0.05, 0.1) is 0 Å². The number of aromatic amines is 1. The molecule has 710 valence electrons. The number of amides is 10. The van der Waals surface area contributed by atoms with Crippen LogP contribution < -0.4 is 37.5 Å². The highest BCUT2D eigenvalue weighted by Crippen LogP contribution is 2.20. The van der Waals surface area contributed by atoms with Gasteiger partial charge in [-0.25, -0.2) is 24.0 Å². The summed E-state index contributed by atoms with van der Waals surface area (Å²) in [6.07, 6.45) is 12.6. The third kappa shape index (κ3) is 44.0. The highest BCUT2D eigenvalue weighted by Gasteiger charge is 2.25. The molecule has 4 aromatic heterocycles. The van der Waals surface area contributed by atoms with Crippen LogP contribution in [0.2, 0.25) is 0 Å². The molecule has 10 rings (SSSR count). The Hall–Kier alpha value is -11.3. The number of urea groups is 5. The quantitative estimate of drug-likeness (QED) is 0.0159. The van der Waals surface area contributed by atoms with E-state index in [0.29, 0.717) is 58.8 Å². The van der Waals surface area contributed by atoms with Crippen molar-refractivity contribution in [2.45, 2.75) is 140 Å². The number of likely N-dealkylation sites (N-methyl/N-ethyl adjacent to an activating group) is 8. The van der Waals surface area contributed by atoms with Gasteiger partial charge in [-0.3, -0.25) is 4.79 Å². The van der Waals surface area contributed by atoms with E-state index < -0.39 is 0 Å². The van der Waals surface area contributed by atoms with Crippen molar-refractivity contribution in [1.29, 1.82) is 0 Å². The maximum Gasteiger partial charge on any atom is 0.319 e. The predicted octanol–water partition coefficient (Wildman–Crippen LogP) is 15.0. The smallest absolute Gasteiger partial charge is 0.319 e. The molecular weight excluding hydrogens is 1700 g/mol. The Labute approximate surface area is 791 Å². The van der Waals surface area contributed by atoms with Gasteiger partial charge in [0.1, 0.15) is 17.2 Å². The zero-order valence-corrected chi connectivity index (χ0v) is 82.3. The van der Waals surface area contributed by atoms with Gasteiger partial charge in [-0.15, -0.1) is 6.58 Å². The summed E-state index contributed by atoms with van der Waals surface area (Å²) >= 11 is 5.03. The number of aromatic nitrogens is 1. The first-order chi connectivity index (χ1) is 62.7. The van der Waals surface area contributed by atoms with Crippen LogP contribution in [0.5, 0.6) is 17.2 Å². The lowest BCUT2D eigenvalue weighted by molar-refractivity contribution is 0.155. The van der Waals surface area contributed by atoms with Crippen molar-refractivity contribution in [3.63, 3.8) is 0 Å². The highest BCUT2D eigenvalue weighted by atomic mass is 32.1. The number of phenols is 3. The summed E-state index contributed by atoms with van der Waals surface area (Å²) in [4.78, 5) is 94.1. The summed E-state index contributed by atoms with van der Waals surface area (Å²) in [5, 5.41) is 58.9. The summed E-state index contributed by atoms with van der Waals surface area (Å²) < 4.78 is 0. The number of carbonyl (C=O) groups excluding carboxylic acids is 5. The molecule has 0 aliphatic heterocycles. The fraction of sp³-hybridized carbons (Fsp3) is 0.417. The molecule has 8 atom stereocenters. The van der Waals surface area contributed by atoms with Crippen molar-refractivity contribution in [1.82, 2.24) is 81.0 Å². The van der Waals surface area contributed by atoms with E-state index >= 15 is 0 Å². The Morgan fingerprint density at radius 1 is 0.389 bits per heavy atom. The van der Waals surface area contributed by atoms with Crippen molar-refractivity contribution in [2.24, 2.45) is 0 Å². The minimum atomic E-state index is -0.166. The lowest BCUT2D eigenvalue weighted by atomic mass is 10.0. The van der Waals surface area contributed by atoms with Crippen LogP contribution in [0.1, 0.15) is 82.8 Å². The molecule has 10 amide bonds. The van der Waals surface area contributed by atoms with E-state index in [-0.39, 0.29) is 101 Å². The average molecular weight is 1850 g/mol. The van der Waals surface area contributed by atoms with Gasteiger partial charge >= 0.3 is 30.2 Å². The van der Waals surface area contributed by atoms with Crippen molar-refractivity contribution in [2.75, 3.05) is 144 Å². The molecule has 0 spiro atoms. The summed E-state index contributed by atoms with van der Waals surface area (Å²) in [6.45, 7) is 14.8. The molecule has 10 N–H and O–H groups in total. The van der Waals surface area contributed by atoms with Gasteiger partial charge < -0.3 is 96.3 Å². The van der Waals surface area contributed by atoms with Gasteiger partial charge in [-0.05, 0) is 304 Å². The Bertz CT molecular complexity index is 4840. The maximum atomic E-state index is 12.8. The molecule has 28 heteroatoms. The Morgan fingerprint density at radius 2 is 0.756 bits per heavy atom. The van der Waals surface area contributed by atoms with Crippen LogP contribution in [0, 0.1) is 0 Å². The fourth-order valence-electron chi connectivity index (χ4n) is 14.2. The van der Waals surface area contributed by atoms with Crippen molar-refractivity contribution >= 4 is 64.2 Å². The monoisotopic (exact) mass is 1850 g/mol. The van der Waals surface area contributed by atoms with Gasteiger partial charge in [0.2, 0.25) is 5.56 Å². The minimum absolute atomic E-state index is 0.0301. The molecular formula is C103H146N16O9S3. The number of benzene rings is 6. The van der Waals surface area contributed by atoms with E-state index in [4.69, 9.17) is 0 Å². The van der Waals surface area contributed by atoms with Crippen LogP contribution >= 0.6 is 34.0 Å². The number of rotatable bonds is 43. The van der Waals surface area contributed by atoms with E-state index in [1.807, 2.05) is 180 Å². The zero-order valence-electron chi connectivity index (χ0n) is 79.9. The number of phenolic OH excluding ortho intramolecular Hbond substituents is 3. The van der Waals surface area contributed by atoms with Crippen LogP contribution in [-0.2, 0) is 64.2 Å². The molecule has 0 aliphatic rings. The first-order valence-corrected chi connectivity index (χ1v) is 47.7. The van der Waals surface area contributed by atoms with Crippen LogP contribution in [0.15, 0.2) is 250 Å². The fourth-order valence-corrected chi connectivity index (χ4v) is 16.3. The second-order valence-electron chi connectivity index (χ2n) is 34.6. The molecule has 8 unspecified atom stereocenters. The third-order valence-corrected chi connectivity index (χ3v) is 24.8. The average Bonchev–Trinajstić information content (AvgIpc) is 1.81. The molecule has 0 saturated heterocycles. The molecule has 0 saturated carbocycles. The number of nitrogens with zero attached hydrogens (tertiary/aromatic N) is 9. The Kier molecular flexibility index (Phi) is 49.5. The number of aromatic hydroxyl groups is 3. The lowest BCUT2D eigenvalue weighted by Gasteiger charge is -2.32. The Balaban J connectivity index is 0.000000252. The molecule has 0 fully saturated rings. The second-order valence-corrected chi connectivity index (χ2v) is 36.9. The van der Waals surface area contributed by atoms with E-state index in [0.717, 1.165) is 86.5 Å². The van der Waals surface area contributed by atoms with E-state index in [1.54, 1.807) is 103 Å². The van der Waals surface area contributed by atoms with Gasteiger partial charge in [0.25, 0.3) is 0 Å². The molecule has 0 aliphatic carbocycles. The molecule has 0 radical (unpaired) electrons. The molecule has 25 nitrogen and oxygen atoms in total. The van der Waals surface area contributed by atoms with Crippen molar-refractivity contribution in [3.05, 3.63) is 311 Å². The first kappa shape index (κ1) is 108. The van der Waals surface area contributed by atoms with Crippen LogP contribution in [0.4, 0.5) is 24.0 Å². The number of hydrogen-bond donors (Lipinski definition) is 10. The maximum absolute atomic E-state index is 12.8. The van der Waals surface area contributed by atoms with Gasteiger partial charge in [0.15, 0.2) is 0 Å². The normalized spacial score (nSPS) is 12.8. The second kappa shape index (κ2) is 59.9. The lowest BCUT2D eigenvalue weighted by Crippen LogP contribution is -2.50. The third-order valence-electron chi connectivity index (χ3n) is 22.6. The molecule has 131 heavy (non-hydrogen) atoms. The van der Waals surface area contributed by atoms with Crippen molar-refractivity contribution < 1.29 is 39.3 Å². The van der Waals surface area contributed by atoms with E-state index in [2.05, 4.69) is 190 Å². The molecule has 6 aromatic carbocycles. The predicted molar refractivity (Wildman–Crippen MR) is 541 cm³/mol. The topological polar surface area (TPSA) is 280 Å². The summed E-state index contributed by atoms with van der Waals surface area (Å²) in [5.41, 5.74) is 11.8.